The number of hydrogen-bond acceptors (Lipinski definition) is 2. The van der Waals surface area contributed by atoms with Gasteiger partial charge in [0.1, 0.15) is 0 Å². The highest BCUT2D eigenvalue weighted by atomic mass is 16.4. The Bertz CT molecular complexity index is 160. The summed E-state index contributed by atoms with van der Waals surface area (Å²) >= 11 is 0. The Kier molecular flexibility index (Phi) is 2.34. The quantitative estimate of drug-likeness (QED) is 0.586. The molecule has 1 fully saturated rings. The third-order valence-electron chi connectivity index (χ3n) is 2.23. The highest BCUT2D eigenvalue weighted by Crippen LogP contribution is 2.22. The Hall–Kier alpha value is -0.770. The van der Waals surface area contributed by atoms with Gasteiger partial charge in [-0.3, -0.25) is 0 Å². The Morgan fingerprint density at radius 1 is 1.55 bits per heavy atom. The lowest BCUT2D eigenvalue weighted by molar-refractivity contribution is 0.130. The van der Waals surface area contributed by atoms with E-state index in [0.717, 1.165) is 12.8 Å². The van der Waals surface area contributed by atoms with Crippen molar-refractivity contribution in [2.75, 3.05) is 7.05 Å². The molecule has 0 aromatic heterocycles. The van der Waals surface area contributed by atoms with E-state index in [9.17, 15) is 4.79 Å². The third kappa shape index (κ3) is 1.83. The molecule has 11 heavy (non-hydrogen) atoms. The zero-order chi connectivity index (χ0) is 8.43. The maximum absolute atomic E-state index is 10.4. The normalized spacial score (nSPS) is 30.4. The van der Waals surface area contributed by atoms with Crippen LogP contribution in [-0.2, 0) is 0 Å². The zero-order valence-electron chi connectivity index (χ0n) is 6.53. The number of aliphatic hydroxyl groups is 1. The molecule has 2 atom stereocenters. The van der Waals surface area contributed by atoms with Gasteiger partial charge in [-0.25, -0.2) is 4.79 Å². The Morgan fingerprint density at radius 2 is 2.18 bits per heavy atom. The number of amides is 1. The minimum atomic E-state index is -0.913. The van der Waals surface area contributed by atoms with Crippen molar-refractivity contribution in [3.8, 4) is 0 Å². The predicted molar refractivity (Wildman–Crippen MR) is 39.4 cm³/mol. The minimum absolute atomic E-state index is 0.0162. The van der Waals surface area contributed by atoms with E-state index in [-0.39, 0.29) is 12.1 Å². The number of hydrogen-bond donors (Lipinski definition) is 2. The van der Waals surface area contributed by atoms with E-state index in [1.165, 1.54) is 4.90 Å². The van der Waals surface area contributed by atoms with E-state index < -0.39 is 6.09 Å². The van der Waals surface area contributed by atoms with Gasteiger partial charge < -0.3 is 15.1 Å². The van der Waals surface area contributed by atoms with E-state index in [0.29, 0.717) is 6.42 Å². The van der Waals surface area contributed by atoms with Crippen molar-refractivity contribution < 1.29 is 15.0 Å². The van der Waals surface area contributed by atoms with Crippen molar-refractivity contribution in [1.82, 2.24) is 4.90 Å². The number of carboxylic acid groups (broad SMARTS) is 1. The summed E-state index contributed by atoms with van der Waals surface area (Å²) in [4.78, 5) is 11.7. The third-order valence-corrected chi connectivity index (χ3v) is 2.23. The molecule has 1 rings (SSSR count). The maximum atomic E-state index is 10.4. The van der Waals surface area contributed by atoms with Crippen LogP contribution in [0.5, 0.6) is 0 Å². The summed E-state index contributed by atoms with van der Waals surface area (Å²) < 4.78 is 0. The zero-order valence-corrected chi connectivity index (χ0v) is 6.53. The van der Waals surface area contributed by atoms with Crippen LogP contribution in [0, 0.1) is 0 Å². The second-order valence-electron chi connectivity index (χ2n) is 3.01. The van der Waals surface area contributed by atoms with Gasteiger partial charge in [-0.2, -0.15) is 0 Å². The standard InChI is InChI=1S/C7H13NO3/c1-8(7(10)11)5-2-3-6(9)4-5/h5-6,9H,2-4H2,1H3,(H,10,11). The fraction of sp³-hybridized carbons (Fsp3) is 0.857. The number of rotatable bonds is 1. The van der Waals surface area contributed by atoms with E-state index in [1.807, 2.05) is 0 Å². The molecular formula is C7H13NO3. The van der Waals surface area contributed by atoms with Crippen LogP contribution in [0.2, 0.25) is 0 Å². The lowest BCUT2D eigenvalue weighted by Gasteiger charge is -2.20. The molecule has 0 spiro atoms. The molecule has 1 aliphatic carbocycles. The first kappa shape index (κ1) is 8.33. The molecule has 2 N–H and O–H groups in total. The first-order valence-electron chi connectivity index (χ1n) is 3.75. The molecule has 0 aliphatic heterocycles. The Balaban J connectivity index is 2.43. The van der Waals surface area contributed by atoms with Crippen molar-refractivity contribution >= 4 is 6.09 Å². The largest absolute Gasteiger partial charge is 0.465 e. The van der Waals surface area contributed by atoms with Crippen molar-refractivity contribution in [1.29, 1.82) is 0 Å². The monoisotopic (exact) mass is 159 g/mol. The number of carbonyl (C=O) groups is 1. The second-order valence-corrected chi connectivity index (χ2v) is 3.01. The van der Waals surface area contributed by atoms with Crippen LogP contribution in [0.1, 0.15) is 19.3 Å². The van der Waals surface area contributed by atoms with E-state index >= 15 is 0 Å². The van der Waals surface area contributed by atoms with Gasteiger partial charge in [0.2, 0.25) is 0 Å². The average molecular weight is 159 g/mol. The molecule has 0 bridgehead atoms. The van der Waals surface area contributed by atoms with Crippen LogP contribution in [0.3, 0.4) is 0 Å². The van der Waals surface area contributed by atoms with Crippen LogP contribution in [0.4, 0.5) is 4.79 Å². The molecule has 1 amide bonds. The van der Waals surface area contributed by atoms with E-state index in [4.69, 9.17) is 10.2 Å². The van der Waals surface area contributed by atoms with Gasteiger partial charge in [0.05, 0.1) is 6.10 Å². The lowest BCUT2D eigenvalue weighted by Crippen LogP contribution is -2.34. The van der Waals surface area contributed by atoms with E-state index in [2.05, 4.69) is 0 Å². The maximum Gasteiger partial charge on any atom is 0.407 e. The van der Waals surface area contributed by atoms with Crippen LogP contribution < -0.4 is 0 Å². The summed E-state index contributed by atoms with van der Waals surface area (Å²) in [5, 5.41) is 17.7. The molecule has 0 heterocycles. The molecule has 0 aromatic rings. The van der Waals surface area contributed by atoms with Crippen LogP contribution in [0.15, 0.2) is 0 Å². The van der Waals surface area contributed by atoms with Gasteiger partial charge in [0.15, 0.2) is 0 Å². The van der Waals surface area contributed by atoms with Crippen molar-refractivity contribution in [2.45, 2.75) is 31.4 Å². The molecule has 2 unspecified atom stereocenters. The first-order chi connectivity index (χ1) is 5.11. The predicted octanol–water partition coefficient (Wildman–Crippen LogP) is 0.510. The summed E-state index contributed by atoms with van der Waals surface area (Å²) in [5.41, 5.74) is 0. The summed E-state index contributed by atoms with van der Waals surface area (Å²) in [6.45, 7) is 0. The van der Waals surface area contributed by atoms with Gasteiger partial charge in [-0.15, -0.1) is 0 Å². The fourth-order valence-corrected chi connectivity index (χ4v) is 1.44. The van der Waals surface area contributed by atoms with Gasteiger partial charge >= 0.3 is 6.09 Å². The highest BCUT2D eigenvalue weighted by molar-refractivity contribution is 5.65. The molecule has 1 saturated carbocycles. The van der Waals surface area contributed by atoms with Crippen molar-refractivity contribution in [2.24, 2.45) is 0 Å². The SMILES string of the molecule is CN(C(=O)O)C1CCC(O)C1. The molecule has 1 aliphatic rings. The van der Waals surface area contributed by atoms with Gasteiger partial charge in [0, 0.05) is 13.1 Å². The summed E-state index contributed by atoms with van der Waals surface area (Å²) in [6, 6.07) is 0.0162. The van der Waals surface area contributed by atoms with E-state index in [1.54, 1.807) is 7.05 Å². The van der Waals surface area contributed by atoms with Gasteiger partial charge in [-0.05, 0) is 19.3 Å². The summed E-state index contributed by atoms with van der Waals surface area (Å²) in [5.74, 6) is 0. The summed E-state index contributed by atoms with van der Waals surface area (Å²) in [6.07, 6.45) is 0.876. The van der Waals surface area contributed by atoms with Crippen LogP contribution >= 0.6 is 0 Å². The lowest BCUT2D eigenvalue weighted by atomic mass is 10.2. The Labute approximate surface area is 65.4 Å². The summed E-state index contributed by atoms with van der Waals surface area (Å²) in [7, 11) is 1.55. The highest BCUT2D eigenvalue weighted by Gasteiger charge is 2.28. The minimum Gasteiger partial charge on any atom is -0.465 e. The Morgan fingerprint density at radius 3 is 2.55 bits per heavy atom. The average Bonchev–Trinajstić information content (AvgIpc) is 2.34. The second kappa shape index (κ2) is 3.09. The fourth-order valence-electron chi connectivity index (χ4n) is 1.44. The van der Waals surface area contributed by atoms with Crippen LogP contribution in [-0.4, -0.2) is 40.4 Å². The smallest absolute Gasteiger partial charge is 0.407 e. The number of nitrogens with zero attached hydrogens (tertiary/aromatic N) is 1. The molecular weight excluding hydrogens is 146 g/mol. The first-order valence-corrected chi connectivity index (χ1v) is 3.75. The molecule has 0 saturated heterocycles. The molecule has 64 valence electrons. The van der Waals surface area contributed by atoms with Gasteiger partial charge in [0.25, 0.3) is 0 Å². The molecule has 0 aromatic carbocycles. The van der Waals surface area contributed by atoms with Gasteiger partial charge in [-0.1, -0.05) is 0 Å². The van der Waals surface area contributed by atoms with Crippen LogP contribution in [0.25, 0.3) is 0 Å². The topological polar surface area (TPSA) is 60.8 Å². The molecule has 4 nitrogen and oxygen atoms in total. The number of aliphatic hydroxyl groups excluding tert-OH is 1. The molecule has 0 radical (unpaired) electrons. The molecule has 4 heteroatoms. The van der Waals surface area contributed by atoms with Crippen molar-refractivity contribution in [3.63, 3.8) is 0 Å². The van der Waals surface area contributed by atoms with Crippen molar-refractivity contribution in [3.05, 3.63) is 0 Å².